The molecule has 1 N–H and O–H groups in total. The molecule has 1 amide bonds. The van der Waals surface area contributed by atoms with Gasteiger partial charge in [0.2, 0.25) is 5.91 Å². The van der Waals surface area contributed by atoms with Crippen LogP contribution in [0.15, 0.2) is 48.8 Å². The molecule has 0 unspecified atom stereocenters. The van der Waals surface area contributed by atoms with Gasteiger partial charge in [-0.05, 0) is 42.3 Å². The van der Waals surface area contributed by atoms with Gasteiger partial charge >= 0.3 is 0 Å². The van der Waals surface area contributed by atoms with Gasteiger partial charge in [0, 0.05) is 29.2 Å². The smallest absolute Gasteiger partial charge is 0.248 e. The van der Waals surface area contributed by atoms with E-state index >= 15 is 0 Å². The van der Waals surface area contributed by atoms with Gasteiger partial charge in [0.05, 0.1) is 0 Å². The van der Waals surface area contributed by atoms with Crippen LogP contribution in [0, 0.1) is 6.92 Å². The highest BCUT2D eigenvalue weighted by molar-refractivity contribution is 6.31. The summed E-state index contributed by atoms with van der Waals surface area (Å²) in [4.78, 5) is 15.7. The summed E-state index contributed by atoms with van der Waals surface area (Å²) in [5, 5.41) is 3.38. The van der Waals surface area contributed by atoms with Crippen molar-refractivity contribution in [1.82, 2.24) is 4.98 Å². The quantitative estimate of drug-likeness (QED) is 0.866. The summed E-state index contributed by atoms with van der Waals surface area (Å²) in [5.74, 6) is -0.205. The lowest BCUT2D eigenvalue weighted by molar-refractivity contribution is -0.111. The maximum absolute atomic E-state index is 11.7. The van der Waals surface area contributed by atoms with Gasteiger partial charge in [-0.25, -0.2) is 0 Å². The van der Waals surface area contributed by atoms with Gasteiger partial charge in [-0.15, -0.1) is 0 Å². The number of carbonyl (C=O) groups excluding carboxylic acids is 1. The second kappa shape index (κ2) is 6.16. The lowest BCUT2D eigenvalue weighted by atomic mass is 10.2. The normalized spacial score (nSPS) is 10.6. The zero-order chi connectivity index (χ0) is 13.7. The molecule has 0 saturated heterocycles. The van der Waals surface area contributed by atoms with Crippen molar-refractivity contribution in [2.75, 3.05) is 5.32 Å². The Balaban J connectivity index is 2.01. The molecule has 1 aromatic carbocycles. The molecular weight excluding hydrogens is 260 g/mol. The number of amides is 1. The molecule has 0 saturated carbocycles. The first-order chi connectivity index (χ1) is 9.15. The number of hydrogen-bond acceptors (Lipinski definition) is 2. The third-order valence-corrected chi connectivity index (χ3v) is 2.96. The second-order valence-electron chi connectivity index (χ2n) is 4.07. The minimum Gasteiger partial charge on any atom is -0.322 e. The Bertz CT molecular complexity index is 609. The molecule has 3 nitrogen and oxygen atoms in total. The zero-order valence-corrected chi connectivity index (χ0v) is 11.2. The first-order valence-electron chi connectivity index (χ1n) is 5.80. The number of rotatable bonds is 3. The van der Waals surface area contributed by atoms with Crippen LogP contribution in [-0.2, 0) is 4.79 Å². The largest absolute Gasteiger partial charge is 0.322 e. The highest BCUT2D eigenvalue weighted by Crippen LogP contribution is 2.19. The van der Waals surface area contributed by atoms with Crippen molar-refractivity contribution >= 4 is 29.3 Å². The van der Waals surface area contributed by atoms with Crippen LogP contribution >= 0.6 is 11.6 Å². The highest BCUT2D eigenvalue weighted by Gasteiger charge is 2.00. The molecule has 0 fully saturated rings. The molecule has 0 spiro atoms. The van der Waals surface area contributed by atoms with Crippen LogP contribution in [-0.4, -0.2) is 10.9 Å². The van der Waals surface area contributed by atoms with E-state index in [-0.39, 0.29) is 5.91 Å². The van der Waals surface area contributed by atoms with E-state index in [1.807, 2.05) is 31.2 Å². The van der Waals surface area contributed by atoms with Crippen LogP contribution < -0.4 is 5.32 Å². The Morgan fingerprint density at radius 1 is 1.37 bits per heavy atom. The van der Waals surface area contributed by atoms with E-state index in [1.54, 1.807) is 24.5 Å². The maximum atomic E-state index is 11.7. The van der Waals surface area contributed by atoms with Crippen LogP contribution in [0.5, 0.6) is 0 Å². The molecule has 4 heteroatoms. The minimum absolute atomic E-state index is 0.205. The summed E-state index contributed by atoms with van der Waals surface area (Å²) >= 11 is 5.99. The number of carbonyl (C=O) groups is 1. The Kier molecular flexibility index (Phi) is 4.31. The zero-order valence-electron chi connectivity index (χ0n) is 10.4. The number of anilines is 1. The predicted octanol–water partition coefficient (Wildman–Crippen LogP) is 3.70. The van der Waals surface area contributed by atoms with Gasteiger partial charge in [0.25, 0.3) is 0 Å². The lowest BCUT2D eigenvalue weighted by Crippen LogP contribution is -2.07. The first-order valence-corrected chi connectivity index (χ1v) is 6.18. The SMILES string of the molecule is Cc1ccc(NC(=O)/C=C/c2cccnc2)cc1Cl. The summed E-state index contributed by atoms with van der Waals surface area (Å²) in [6.07, 6.45) is 6.54. The molecular formula is C15H13ClN2O. The van der Waals surface area contributed by atoms with Crippen LogP contribution in [0.25, 0.3) is 6.08 Å². The third kappa shape index (κ3) is 3.93. The lowest BCUT2D eigenvalue weighted by Gasteiger charge is -2.04. The second-order valence-corrected chi connectivity index (χ2v) is 4.48. The molecule has 0 aliphatic carbocycles. The molecule has 0 aliphatic heterocycles. The van der Waals surface area contributed by atoms with Crippen LogP contribution in [0.2, 0.25) is 5.02 Å². The van der Waals surface area contributed by atoms with Crippen molar-refractivity contribution in [2.45, 2.75) is 6.92 Å². The summed E-state index contributed by atoms with van der Waals surface area (Å²) in [5.41, 5.74) is 2.53. The molecule has 0 bridgehead atoms. The standard InChI is InChI=1S/C15H13ClN2O/c1-11-4-6-13(9-14(11)16)18-15(19)7-5-12-3-2-8-17-10-12/h2-10H,1H3,(H,18,19)/b7-5+. The van der Waals surface area contributed by atoms with Crippen molar-refractivity contribution < 1.29 is 4.79 Å². The summed E-state index contributed by atoms with van der Waals surface area (Å²) < 4.78 is 0. The van der Waals surface area contributed by atoms with Gasteiger partial charge in [-0.1, -0.05) is 23.7 Å². The average molecular weight is 273 g/mol. The van der Waals surface area contributed by atoms with Crippen molar-refractivity contribution in [3.8, 4) is 0 Å². The van der Waals surface area contributed by atoms with E-state index in [4.69, 9.17) is 11.6 Å². The number of hydrogen-bond donors (Lipinski definition) is 1. The predicted molar refractivity (Wildman–Crippen MR) is 78.1 cm³/mol. The third-order valence-electron chi connectivity index (χ3n) is 2.55. The fourth-order valence-corrected chi connectivity index (χ4v) is 1.68. The number of halogens is 1. The fourth-order valence-electron chi connectivity index (χ4n) is 1.50. The Hall–Kier alpha value is -2.13. The molecule has 19 heavy (non-hydrogen) atoms. The molecule has 2 aromatic rings. The summed E-state index contributed by atoms with van der Waals surface area (Å²) in [7, 11) is 0. The number of aromatic nitrogens is 1. The number of nitrogens with zero attached hydrogens (tertiary/aromatic N) is 1. The average Bonchev–Trinajstić information content (AvgIpc) is 2.42. The molecule has 0 radical (unpaired) electrons. The molecule has 2 rings (SSSR count). The first kappa shape index (κ1) is 13.3. The van der Waals surface area contributed by atoms with Crippen LogP contribution in [0.1, 0.15) is 11.1 Å². The molecule has 96 valence electrons. The highest BCUT2D eigenvalue weighted by atomic mass is 35.5. The fraction of sp³-hybridized carbons (Fsp3) is 0.0667. The van der Waals surface area contributed by atoms with E-state index < -0.39 is 0 Å². The van der Waals surface area contributed by atoms with Gasteiger partial charge in [-0.2, -0.15) is 0 Å². The molecule has 0 aliphatic rings. The minimum atomic E-state index is -0.205. The number of benzene rings is 1. The van der Waals surface area contributed by atoms with Gasteiger partial charge in [-0.3, -0.25) is 9.78 Å². The Labute approximate surface area is 116 Å². The van der Waals surface area contributed by atoms with Crippen molar-refractivity contribution in [3.63, 3.8) is 0 Å². The molecule has 0 atom stereocenters. The van der Waals surface area contributed by atoms with E-state index in [2.05, 4.69) is 10.3 Å². The Morgan fingerprint density at radius 2 is 2.21 bits per heavy atom. The number of nitrogens with one attached hydrogen (secondary N) is 1. The van der Waals surface area contributed by atoms with E-state index in [9.17, 15) is 4.79 Å². The van der Waals surface area contributed by atoms with Gasteiger partial charge in [0.15, 0.2) is 0 Å². The summed E-state index contributed by atoms with van der Waals surface area (Å²) in [6, 6.07) is 9.10. The van der Waals surface area contributed by atoms with Crippen LogP contribution in [0.3, 0.4) is 0 Å². The Morgan fingerprint density at radius 3 is 2.89 bits per heavy atom. The molecule has 1 heterocycles. The number of pyridine rings is 1. The van der Waals surface area contributed by atoms with Gasteiger partial charge < -0.3 is 5.32 Å². The topological polar surface area (TPSA) is 42.0 Å². The van der Waals surface area contributed by atoms with Crippen molar-refractivity contribution in [1.29, 1.82) is 0 Å². The van der Waals surface area contributed by atoms with E-state index in [0.29, 0.717) is 10.7 Å². The van der Waals surface area contributed by atoms with Crippen molar-refractivity contribution in [3.05, 3.63) is 65.0 Å². The molecule has 1 aromatic heterocycles. The van der Waals surface area contributed by atoms with Crippen LogP contribution in [0.4, 0.5) is 5.69 Å². The van der Waals surface area contributed by atoms with E-state index in [1.165, 1.54) is 6.08 Å². The maximum Gasteiger partial charge on any atom is 0.248 e. The van der Waals surface area contributed by atoms with E-state index in [0.717, 1.165) is 11.1 Å². The number of aryl methyl sites for hydroxylation is 1. The van der Waals surface area contributed by atoms with Crippen molar-refractivity contribution in [2.24, 2.45) is 0 Å². The van der Waals surface area contributed by atoms with Gasteiger partial charge in [0.1, 0.15) is 0 Å². The summed E-state index contributed by atoms with van der Waals surface area (Å²) in [6.45, 7) is 1.91. The monoisotopic (exact) mass is 272 g/mol.